The molecule has 0 unspecified atom stereocenters. The van der Waals surface area contributed by atoms with Crippen molar-refractivity contribution >= 4 is 40.5 Å². The molecule has 0 spiro atoms. The van der Waals surface area contributed by atoms with Crippen LogP contribution in [0.4, 0.5) is 5.69 Å². The van der Waals surface area contributed by atoms with Crippen LogP contribution in [0.1, 0.15) is 27.3 Å². The summed E-state index contributed by atoms with van der Waals surface area (Å²) in [6.07, 6.45) is 1.66. The maximum Gasteiger partial charge on any atom is 0.272 e. The molecule has 0 saturated carbocycles. The fourth-order valence-electron chi connectivity index (χ4n) is 5.09. The molecule has 0 atom stereocenters. The summed E-state index contributed by atoms with van der Waals surface area (Å²) in [6.45, 7) is 4.04. The van der Waals surface area contributed by atoms with Gasteiger partial charge in [-0.05, 0) is 68.4 Å². The Kier molecular flexibility index (Phi) is 8.03. The van der Waals surface area contributed by atoms with Crippen molar-refractivity contribution in [3.63, 3.8) is 0 Å². The molecule has 216 valence electrons. The van der Waals surface area contributed by atoms with Gasteiger partial charge in [0.1, 0.15) is 0 Å². The highest BCUT2D eigenvalue weighted by Gasteiger charge is 2.14. The first-order chi connectivity index (χ1) is 21.4. The summed E-state index contributed by atoms with van der Waals surface area (Å²) in [5.41, 5.74) is 9.57. The fraction of sp³-hybridized carbons (Fsp3) is 0.0571. The number of fused-ring (bicyclic) bond motifs is 1. The average Bonchev–Trinajstić information content (AvgIpc) is 3.33. The van der Waals surface area contributed by atoms with Gasteiger partial charge in [-0.3, -0.25) is 14.9 Å². The average molecular weight is 598 g/mol. The molecule has 1 amide bonds. The number of nitro groups is 1. The Morgan fingerprint density at radius 2 is 1.55 bits per heavy atom. The third-order valence-corrected chi connectivity index (χ3v) is 8.26. The quantitative estimate of drug-likeness (QED) is 0.108. The molecule has 0 saturated heterocycles. The van der Waals surface area contributed by atoms with Gasteiger partial charge in [0.15, 0.2) is 0 Å². The maximum absolute atomic E-state index is 13.3. The highest BCUT2D eigenvalue weighted by atomic mass is 32.2. The minimum Gasteiger partial charge on any atom is -0.318 e. The number of amides is 1. The number of nitrogens with one attached hydrogen (secondary N) is 1. The molecule has 2 heterocycles. The van der Waals surface area contributed by atoms with Crippen LogP contribution in [0.25, 0.3) is 27.8 Å². The monoisotopic (exact) mass is 597 g/mol. The van der Waals surface area contributed by atoms with Gasteiger partial charge in [0, 0.05) is 55.5 Å². The fourth-order valence-corrected chi connectivity index (χ4v) is 5.91. The number of pyridine rings is 1. The number of hydrazone groups is 1. The Morgan fingerprint density at radius 3 is 2.25 bits per heavy atom. The largest absolute Gasteiger partial charge is 0.318 e. The predicted octanol–water partition coefficient (Wildman–Crippen LogP) is 8.13. The number of para-hydroxylation sites is 1. The van der Waals surface area contributed by atoms with Crippen molar-refractivity contribution in [1.29, 1.82) is 0 Å². The second-order valence-electron chi connectivity index (χ2n) is 10.1. The van der Waals surface area contributed by atoms with E-state index in [0.29, 0.717) is 5.56 Å². The summed E-state index contributed by atoms with van der Waals surface area (Å²) in [5.74, 6) is -0.313. The summed E-state index contributed by atoms with van der Waals surface area (Å²) < 4.78 is 2.13. The van der Waals surface area contributed by atoms with Crippen LogP contribution in [-0.2, 0) is 0 Å². The zero-order valence-electron chi connectivity index (χ0n) is 24.0. The third kappa shape index (κ3) is 5.99. The molecule has 0 aliphatic carbocycles. The second-order valence-corrected chi connectivity index (χ2v) is 11.3. The van der Waals surface area contributed by atoms with Crippen molar-refractivity contribution < 1.29 is 9.72 Å². The van der Waals surface area contributed by atoms with Gasteiger partial charge in [0.05, 0.1) is 27.9 Å². The molecule has 8 nitrogen and oxygen atoms in total. The van der Waals surface area contributed by atoms with E-state index in [-0.39, 0.29) is 11.6 Å². The number of carbonyl (C=O) groups excluding carboxylic acids is 1. The molecule has 4 aromatic carbocycles. The number of aromatic nitrogens is 2. The van der Waals surface area contributed by atoms with Crippen molar-refractivity contribution in [2.24, 2.45) is 5.10 Å². The van der Waals surface area contributed by atoms with Crippen LogP contribution in [0.2, 0.25) is 0 Å². The topological polar surface area (TPSA) is 102 Å². The molecule has 0 radical (unpaired) electrons. The number of rotatable bonds is 8. The van der Waals surface area contributed by atoms with Crippen LogP contribution in [0.15, 0.2) is 130 Å². The zero-order chi connectivity index (χ0) is 30.6. The van der Waals surface area contributed by atoms with E-state index in [9.17, 15) is 14.9 Å². The number of aryl methyl sites for hydroxylation is 1. The lowest BCUT2D eigenvalue weighted by atomic mass is 10.0. The van der Waals surface area contributed by atoms with E-state index in [1.165, 1.54) is 12.1 Å². The summed E-state index contributed by atoms with van der Waals surface area (Å²) in [5, 5.41) is 16.0. The van der Waals surface area contributed by atoms with Gasteiger partial charge in [-0.2, -0.15) is 5.10 Å². The van der Waals surface area contributed by atoms with Crippen LogP contribution in [0, 0.1) is 24.0 Å². The first-order valence-electron chi connectivity index (χ1n) is 13.9. The summed E-state index contributed by atoms with van der Waals surface area (Å²) >= 11 is 1.54. The Bertz CT molecular complexity index is 2020. The van der Waals surface area contributed by atoms with Crippen molar-refractivity contribution in [3.8, 4) is 16.9 Å². The minimum absolute atomic E-state index is 0.0743. The predicted molar refractivity (Wildman–Crippen MR) is 175 cm³/mol. The first-order valence-corrected chi connectivity index (χ1v) is 14.7. The van der Waals surface area contributed by atoms with Gasteiger partial charge in [-0.1, -0.05) is 60.3 Å². The minimum atomic E-state index is -0.401. The van der Waals surface area contributed by atoms with Gasteiger partial charge < -0.3 is 4.57 Å². The maximum atomic E-state index is 13.3. The third-order valence-electron chi connectivity index (χ3n) is 7.25. The number of nitrogens with zero attached hydrogens (tertiary/aromatic N) is 4. The van der Waals surface area contributed by atoms with Crippen molar-refractivity contribution in [3.05, 3.63) is 148 Å². The summed E-state index contributed by atoms with van der Waals surface area (Å²) in [6, 6.07) is 35.8. The molecule has 2 aromatic heterocycles. The molecular weight excluding hydrogens is 570 g/mol. The molecule has 0 bridgehead atoms. The molecule has 6 rings (SSSR count). The molecule has 0 aliphatic heterocycles. The van der Waals surface area contributed by atoms with E-state index in [1.54, 1.807) is 36.2 Å². The van der Waals surface area contributed by atoms with Gasteiger partial charge in [0.2, 0.25) is 0 Å². The van der Waals surface area contributed by atoms with E-state index in [1.807, 2.05) is 98.8 Å². The Morgan fingerprint density at radius 1 is 0.886 bits per heavy atom. The van der Waals surface area contributed by atoms with Crippen molar-refractivity contribution in [2.75, 3.05) is 0 Å². The standard InChI is InChI=1S/C35H27N5O3S/c1-23-20-26(24(2)39(23)27-12-16-29(17-13-27)44-30-18-14-28(15-19-30)40(42)43)22-36-38-35(41)32-21-34(25-8-4-3-5-9-25)37-33-11-7-6-10-31(32)33/h3-22H,1-2H3,(H,38,41)/b36-22+. The Balaban J connectivity index is 1.19. The molecular formula is C35H27N5O3S. The van der Waals surface area contributed by atoms with E-state index in [4.69, 9.17) is 4.98 Å². The van der Waals surface area contributed by atoms with Gasteiger partial charge in [-0.15, -0.1) is 0 Å². The lowest BCUT2D eigenvalue weighted by Gasteiger charge is -2.11. The van der Waals surface area contributed by atoms with Crippen LogP contribution in [0.3, 0.4) is 0 Å². The number of nitro benzene ring substituents is 1. The number of non-ortho nitro benzene ring substituents is 1. The number of hydrogen-bond acceptors (Lipinski definition) is 6. The lowest BCUT2D eigenvalue weighted by Crippen LogP contribution is -2.18. The van der Waals surface area contributed by atoms with Gasteiger partial charge >= 0.3 is 0 Å². The van der Waals surface area contributed by atoms with Crippen molar-refractivity contribution in [1.82, 2.24) is 15.0 Å². The number of benzene rings is 4. The molecule has 0 aliphatic rings. The normalized spacial score (nSPS) is 11.2. The Labute approximate surface area is 258 Å². The molecule has 9 heteroatoms. The van der Waals surface area contributed by atoms with E-state index in [2.05, 4.69) is 15.1 Å². The van der Waals surface area contributed by atoms with Gasteiger partial charge in [-0.25, -0.2) is 10.4 Å². The van der Waals surface area contributed by atoms with Crippen LogP contribution >= 0.6 is 11.8 Å². The van der Waals surface area contributed by atoms with Crippen LogP contribution < -0.4 is 5.43 Å². The summed E-state index contributed by atoms with van der Waals surface area (Å²) in [7, 11) is 0. The number of carbonyl (C=O) groups is 1. The van der Waals surface area contributed by atoms with Crippen LogP contribution in [0.5, 0.6) is 0 Å². The van der Waals surface area contributed by atoms with Crippen LogP contribution in [-0.4, -0.2) is 26.6 Å². The zero-order valence-corrected chi connectivity index (χ0v) is 24.8. The highest BCUT2D eigenvalue weighted by molar-refractivity contribution is 7.99. The van der Waals surface area contributed by atoms with Gasteiger partial charge in [0.25, 0.3) is 11.6 Å². The van der Waals surface area contributed by atoms with E-state index < -0.39 is 4.92 Å². The molecule has 1 N–H and O–H groups in total. The first kappa shape index (κ1) is 28.6. The SMILES string of the molecule is Cc1cc(/C=N/NC(=O)c2cc(-c3ccccc3)nc3ccccc23)c(C)n1-c1ccc(Sc2ccc([N+](=O)[O-])cc2)cc1. The second kappa shape index (κ2) is 12.4. The molecule has 44 heavy (non-hydrogen) atoms. The summed E-state index contributed by atoms with van der Waals surface area (Å²) in [4.78, 5) is 30.5. The molecule has 0 fully saturated rings. The smallest absolute Gasteiger partial charge is 0.272 e. The lowest BCUT2D eigenvalue weighted by molar-refractivity contribution is -0.384. The van der Waals surface area contributed by atoms with Crippen molar-refractivity contribution in [2.45, 2.75) is 23.6 Å². The van der Waals surface area contributed by atoms with E-state index in [0.717, 1.165) is 54.6 Å². The number of hydrogen-bond donors (Lipinski definition) is 1. The molecule has 6 aromatic rings. The Hall–Kier alpha value is -5.54. The highest BCUT2D eigenvalue weighted by Crippen LogP contribution is 2.30. The van der Waals surface area contributed by atoms with E-state index >= 15 is 0 Å².